The second kappa shape index (κ2) is 17.8. The minimum atomic E-state index is -2.95. The molecule has 0 radical (unpaired) electrons. The third-order valence-electron chi connectivity index (χ3n) is 12.3. The van der Waals surface area contributed by atoms with Gasteiger partial charge in [-0.3, -0.25) is 19.3 Å². The summed E-state index contributed by atoms with van der Waals surface area (Å²) in [5, 5.41) is 21.9. The fourth-order valence-electron chi connectivity index (χ4n) is 9.61. The summed E-state index contributed by atoms with van der Waals surface area (Å²) in [4.78, 5) is 41.0. The van der Waals surface area contributed by atoms with E-state index in [-0.39, 0.29) is 41.0 Å². The highest BCUT2D eigenvalue weighted by molar-refractivity contribution is 6.99. The van der Waals surface area contributed by atoms with Gasteiger partial charge in [0.2, 0.25) is 11.8 Å². The highest BCUT2D eigenvalue weighted by atomic mass is 28.4. The number of hydrogen-bond donors (Lipinski definition) is 2. The van der Waals surface area contributed by atoms with Gasteiger partial charge in [0, 0.05) is 24.4 Å². The zero-order valence-electron chi connectivity index (χ0n) is 33.8. The van der Waals surface area contributed by atoms with Crippen LogP contribution in [0.2, 0.25) is 5.04 Å². The van der Waals surface area contributed by atoms with Crippen molar-refractivity contribution in [3.8, 4) is 5.75 Å². The molecule has 2 amide bonds. The molecule has 0 unspecified atom stereocenters. The van der Waals surface area contributed by atoms with Gasteiger partial charge in [-0.15, -0.1) is 0 Å². The average Bonchev–Trinajstić information content (AvgIpc) is 3.75. The van der Waals surface area contributed by atoms with Crippen LogP contribution < -0.4 is 10.4 Å². The van der Waals surface area contributed by atoms with Crippen LogP contribution in [0.4, 0.5) is 0 Å². The van der Waals surface area contributed by atoms with E-state index in [1.54, 1.807) is 6.07 Å². The van der Waals surface area contributed by atoms with Gasteiger partial charge in [-0.2, -0.15) is 0 Å². The van der Waals surface area contributed by atoms with E-state index in [2.05, 4.69) is 81.4 Å². The van der Waals surface area contributed by atoms with Crippen molar-refractivity contribution in [3.05, 3.63) is 138 Å². The Kier molecular flexibility index (Phi) is 12.6. The SMILES string of the molecule is CC(C)(C)[Si](OCC1=C2[C@@H](CC/C(=C/c3ccccc3O)c3ccccc3)OC[C@@H]2[C@@H]2C(=O)N(CCCCCC(=O)O)C(=O)[C@@H]2C1)(c1ccccc1)c1ccccc1. The second-order valence-electron chi connectivity index (χ2n) is 16.9. The molecule has 0 bridgehead atoms. The molecule has 2 heterocycles. The number of carbonyl (C=O) groups excluding carboxylic acids is 2. The van der Waals surface area contributed by atoms with E-state index in [0.717, 1.165) is 27.8 Å². The topological polar surface area (TPSA) is 113 Å². The lowest BCUT2D eigenvalue weighted by molar-refractivity contribution is -0.141. The lowest BCUT2D eigenvalue weighted by atomic mass is 9.69. The highest BCUT2D eigenvalue weighted by Gasteiger charge is 2.57. The monoisotopic (exact) mass is 797 g/mol. The first-order valence-electron chi connectivity index (χ1n) is 20.7. The number of aliphatic carboxylic acids is 1. The first-order valence-corrected chi connectivity index (χ1v) is 22.6. The van der Waals surface area contributed by atoms with E-state index in [1.807, 2.05) is 54.6 Å². The van der Waals surface area contributed by atoms with Gasteiger partial charge in [-0.05, 0) is 81.9 Å². The van der Waals surface area contributed by atoms with Crippen LogP contribution in [0, 0.1) is 17.8 Å². The van der Waals surface area contributed by atoms with E-state index < -0.39 is 26.1 Å². The predicted molar refractivity (Wildman–Crippen MR) is 230 cm³/mol. The number of carboxylic acids is 1. The van der Waals surface area contributed by atoms with Gasteiger partial charge in [0.05, 0.1) is 31.2 Å². The van der Waals surface area contributed by atoms with Crippen LogP contribution in [-0.4, -0.2) is 67.1 Å². The van der Waals surface area contributed by atoms with Crippen LogP contribution in [-0.2, 0) is 23.5 Å². The minimum Gasteiger partial charge on any atom is -0.507 e. The summed E-state index contributed by atoms with van der Waals surface area (Å²) in [6.45, 7) is 7.73. The number of imide groups is 1. The molecular formula is C49H55NO7Si. The van der Waals surface area contributed by atoms with Crippen molar-refractivity contribution in [2.24, 2.45) is 17.8 Å². The molecule has 2 saturated heterocycles. The summed E-state index contributed by atoms with van der Waals surface area (Å²) in [7, 11) is -2.95. The third kappa shape index (κ3) is 8.39. The lowest BCUT2D eigenvalue weighted by Crippen LogP contribution is -2.66. The van der Waals surface area contributed by atoms with Gasteiger partial charge in [0.15, 0.2) is 0 Å². The van der Waals surface area contributed by atoms with E-state index in [0.29, 0.717) is 58.3 Å². The number of phenols is 1. The van der Waals surface area contributed by atoms with Crippen LogP contribution in [0.5, 0.6) is 5.75 Å². The van der Waals surface area contributed by atoms with Gasteiger partial charge in [-0.1, -0.05) is 136 Å². The number of phenolic OH excluding ortho intramolecular Hbond substituents is 1. The summed E-state index contributed by atoms with van der Waals surface area (Å²) in [6, 6.07) is 38.6. The molecule has 4 aromatic carbocycles. The van der Waals surface area contributed by atoms with Gasteiger partial charge >= 0.3 is 5.97 Å². The van der Waals surface area contributed by atoms with E-state index in [9.17, 15) is 19.5 Å². The molecule has 2 aliphatic heterocycles. The zero-order chi connectivity index (χ0) is 40.9. The number of carboxylic acid groups (broad SMARTS) is 1. The molecule has 1 aliphatic carbocycles. The normalized spacial score (nSPS) is 21.0. The predicted octanol–water partition coefficient (Wildman–Crippen LogP) is 8.25. The first kappa shape index (κ1) is 41.1. The van der Waals surface area contributed by atoms with Crippen LogP contribution in [0.1, 0.15) is 76.8 Å². The van der Waals surface area contributed by atoms with E-state index in [1.165, 1.54) is 15.3 Å². The Morgan fingerprint density at radius 3 is 2.05 bits per heavy atom. The molecule has 58 heavy (non-hydrogen) atoms. The summed E-state index contributed by atoms with van der Waals surface area (Å²) in [5.41, 5.74) is 5.01. The maximum Gasteiger partial charge on any atom is 0.303 e. The number of benzene rings is 4. The van der Waals surface area contributed by atoms with Crippen LogP contribution in [0.3, 0.4) is 0 Å². The molecule has 3 aliphatic rings. The number of likely N-dealkylation sites (tertiary alicyclic amines) is 1. The average molecular weight is 798 g/mol. The smallest absolute Gasteiger partial charge is 0.303 e. The van der Waals surface area contributed by atoms with Crippen molar-refractivity contribution in [1.29, 1.82) is 0 Å². The minimum absolute atomic E-state index is 0.0730. The molecular weight excluding hydrogens is 743 g/mol. The number of carbonyl (C=O) groups is 3. The van der Waals surface area contributed by atoms with Crippen molar-refractivity contribution >= 4 is 48.1 Å². The maximum atomic E-state index is 14.3. The van der Waals surface area contributed by atoms with Crippen molar-refractivity contribution in [3.63, 3.8) is 0 Å². The molecule has 4 atom stereocenters. The molecule has 8 nitrogen and oxygen atoms in total. The Balaban J connectivity index is 1.25. The van der Waals surface area contributed by atoms with E-state index in [4.69, 9.17) is 14.3 Å². The summed E-state index contributed by atoms with van der Waals surface area (Å²) < 4.78 is 14.2. The van der Waals surface area contributed by atoms with Gasteiger partial charge in [0.1, 0.15) is 5.75 Å². The summed E-state index contributed by atoms with van der Waals surface area (Å²) in [6.07, 6.45) is 5.28. The van der Waals surface area contributed by atoms with Crippen molar-refractivity contribution in [2.45, 2.75) is 76.9 Å². The Morgan fingerprint density at radius 2 is 1.43 bits per heavy atom. The number of ether oxygens (including phenoxy) is 1. The first-order chi connectivity index (χ1) is 28.0. The fourth-order valence-corrected chi connectivity index (χ4v) is 14.2. The van der Waals surface area contributed by atoms with Crippen LogP contribution in [0.15, 0.2) is 126 Å². The lowest BCUT2D eigenvalue weighted by Gasteiger charge is -2.44. The number of hydrogen-bond acceptors (Lipinski definition) is 6. The molecule has 7 rings (SSSR count). The van der Waals surface area contributed by atoms with Crippen molar-refractivity contribution < 1.29 is 33.8 Å². The maximum absolute atomic E-state index is 14.3. The van der Waals surface area contributed by atoms with Gasteiger partial charge < -0.3 is 19.4 Å². The van der Waals surface area contributed by atoms with Crippen molar-refractivity contribution in [2.75, 3.05) is 19.8 Å². The van der Waals surface area contributed by atoms with Crippen LogP contribution >= 0.6 is 0 Å². The number of aromatic hydroxyl groups is 1. The number of allylic oxidation sites excluding steroid dienone is 1. The number of nitrogens with zero attached hydrogens (tertiary/aromatic N) is 1. The number of fused-ring (bicyclic) bond motifs is 3. The number of rotatable bonds is 16. The van der Waals surface area contributed by atoms with Gasteiger partial charge in [-0.25, -0.2) is 0 Å². The molecule has 0 aromatic heterocycles. The quantitative estimate of drug-likeness (QED) is 0.0386. The van der Waals surface area contributed by atoms with Gasteiger partial charge in [0.25, 0.3) is 8.32 Å². The highest BCUT2D eigenvalue weighted by Crippen LogP contribution is 2.51. The number of unbranched alkanes of at least 4 members (excludes halogenated alkanes) is 2. The molecule has 0 spiro atoms. The molecule has 4 aromatic rings. The molecule has 302 valence electrons. The largest absolute Gasteiger partial charge is 0.507 e. The molecule has 2 fully saturated rings. The Hall–Kier alpha value is -5.09. The molecule has 2 N–H and O–H groups in total. The molecule has 9 heteroatoms. The Bertz CT molecular complexity index is 2100. The van der Waals surface area contributed by atoms with Crippen LogP contribution in [0.25, 0.3) is 11.6 Å². The standard InChI is InChI=1S/C49H55NO7Si/c1-49(2,3)58(38-21-10-5-11-22-38,39-23-12-6-13-24-39)57-32-37-31-40-46(48(55)50(47(40)54)29-17-7-14-26-44(52)53)41-33-56-43(45(37)41)28-27-35(34-18-8-4-9-19-34)30-36-20-15-16-25-42(36)51/h4-6,8-13,15-16,18-25,30,40-41,43,46,51H,7,14,17,26-29,31-33H2,1-3H3,(H,52,53)/b35-30-/t40-,41+,43-,46-/m1/s1. The van der Waals surface area contributed by atoms with E-state index >= 15 is 0 Å². The fraction of sp³-hybridized carbons (Fsp3) is 0.367. The summed E-state index contributed by atoms with van der Waals surface area (Å²) in [5.74, 6) is -2.17. The number of amides is 2. The third-order valence-corrected chi connectivity index (χ3v) is 17.3. The Labute approximate surface area is 343 Å². The van der Waals surface area contributed by atoms with Crippen molar-refractivity contribution in [1.82, 2.24) is 4.90 Å². The number of para-hydroxylation sites is 1. The second-order valence-corrected chi connectivity index (χ2v) is 21.2. The Morgan fingerprint density at radius 1 is 0.810 bits per heavy atom. The molecule has 0 saturated carbocycles. The summed E-state index contributed by atoms with van der Waals surface area (Å²) >= 11 is 0. The zero-order valence-corrected chi connectivity index (χ0v) is 34.8.